The number of carbonyl (C=O) groups is 1. The first-order valence-electron chi connectivity index (χ1n) is 5.41. The molecule has 0 fully saturated rings. The van der Waals surface area contributed by atoms with Crippen molar-refractivity contribution in [2.75, 3.05) is 6.61 Å². The van der Waals surface area contributed by atoms with Crippen molar-refractivity contribution in [3.05, 3.63) is 45.9 Å². The third-order valence-corrected chi connectivity index (χ3v) is 3.18. The monoisotopic (exact) mass is 328 g/mol. The van der Waals surface area contributed by atoms with E-state index in [0.717, 1.165) is 0 Å². The van der Waals surface area contributed by atoms with E-state index < -0.39 is 11.8 Å². The Kier molecular flexibility index (Phi) is 3.96. The van der Waals surface area contributed by atoms with Gasteiger partial charge in [-0.15, -0.1) is 0 Å². The van der Waals surface area contributed by atoms with E-state index >= 15 is 0 Å². The molecule has 1 heterocycles. The fraction of sp³-hybridized carbons (Fsp3) is 0.167. The molecule has 2 rings (SSSR count). The van der Waals surface area contributed by atoms with E-state index in [0.29, 0.717) is 15.7 Å². The number of aromatic nitrogens is 2. The summed E-state index contributed by atoms with van der Waals surface area (Å²) in [6.45, 7) is -0.180. The number of carboxylic acids is 1. The first-order chi connectivity index (χ1) is 9.02. The SMILES string of the molecule is O=C(O)c1nn(-c2ccc(Br)c(F)c2)cc1CCO. The first kappa shape index (κ1) is 13.7. The maximum Gasteiger partial charge on any atom is 0.356 e. The summed E-state index contributed by atoms with van der Waals surface area (Å²) in [5, 5.41) is 21.8. The van der Waals surface area contributed by atoms with E-state index in [9.17, 15) is 9.18 Å². The summed E-state index contributed by atoms with van der Waals surface area (Å²) in [7, 11) is 0. The third kappa shape index (κ3) is 2.82. The molecular formula is C12H10BrFN2O3. The molecule has 5 nitrogen and oxygen atoms in total. The quantitative estimate of drug-likeness (QED) is 0.900. The van der Waals surface area contributed by atoms with Gasteiger partial charge in [-0.2, -0.15) is 5.10 Å². The van der Waals surface area contributed by atoms with Crippen LogP contribution in [0.2, 0.25) is 0 Å². The summed E-state index contributed by atoms with van der Waals surface area (Å²) < 4.78 is 15.0. The van der Waals surface area contributed by atoms with Gasteiger partial charge in [-0.1, -0.05) is 0 Å². The molecule has 19 heavy (non-hydrogen) atoms. The van der Waals surface area contributed by atoms with Crippen LogP contribution in [0.15, 0.2) is 28.9 Å². The van der Waals surface area contributed by atoms with Crippen LogP contribution in [-0.2, 0) is 6.42 Å². The van der Waals surface area contributed by atoms with Crippen LogP contribution in [0.5, 0.6) is 0 Å². The Morgan fingerprint density at radius 1 is 1.47 bits per heavy atom. The molecule has 0 atom stereocenters. The molecule has 0 aliphatic rings. The molecule has 0 saturated heterocycles. The molecular weight excluding hydrogens is 319 g/mol. The zero-order chi connectivity index (χ0) is 14.0. The molecule has 1 aromatic heterocycles. The van der Waals surface area contributed by atoms with E-state index in [-0.39, 0.29) is 18.7 Å². The van der Waals surface area contributed by atoms with Gasteiger partial charge in [-0.25, -0.2) is 13.9 Å². The average Bonchev–Trinajstić information content (AvgIpc) is 2.77. The molecule has 100 valence electrons. The Hall–Kier alpha value is -1.73. The summed E-state index contributed by atoms with van der Waals surface area (Å²) in [5.41, 5.74) is 0.670. The Labute approximate surface area is 116 Å². The maximum absolute atomic E-state index is 13.4. The number of carboxylic acid groups (broad SMARTS) is 1. The number of hydrogen-bond acceptors (Lipinski definition) is 3. The van der Waals surface area contributed by atoms with E-state index in [1.165, 1.54) is 23.0 Å². The predicted octanol–water partition coefficient (Wildman–Crippen LogP) is 2.01. The van der Waals surface area contributed by atoms with Gasteiger partial charge in [0.25, 0.3) is 0 Å². The van der Waals surface area contributed by atoms with Crippen LogP contribution < -0.4 is 0 Å². The Balaban J connectivity index is 2.47. The topological polar surface area (TPSA) is 75.3 Å². The number of aliphatic hydroxyl groups is 1. The molecule has 0 spiro atoms. The van der Waals surface area contributed by atoms with Crippen molar-refractivity contribution in [2.45, 2.75) is 6.42 Å². The van der Waals surface area contributed by atoms with Crippen molar-refractivity contribution in [3.63, 3.8) is 0 Å². The van der Waals surface area contributed by atoms with Gasteiger partial charge in [-0.3, -0.25) is 0 Å². The van der Waals surface area contributed by atoms with Gasteiger partial charge < -0.3 is 10.2 Å². The lowest BCUT2D eigenvalue weighted by Gasteiger charge is -2.02. The molecule has 0 saturated carbocycles. The summed E-state index contributed by atoms with van der Waals surface area (Å²) >= 11 is 3.04. The highest BCUT2D eigenvalue weighted by molar-refractivity contribution is 9.10. The van der Waals surface area contributed by atoms with Crippen LogP contribution in [0.25, 0.3) is 5.69 Å². The molecule has 0 unspecified atom stereocenters. The van der Waals surface area contributed by atoms with Crippen LogP contribution in [0.1, 0.15) is 16.1 Å². The third-order valence-electron chi connectivity index (χ3n) is 2.54. The van der Waals surface area contributed by atoms with E-state index in [4.69, 9.17) is 10.2 Å². The maximum atomic E-state index is 13.4. The minimum atomic E-state index is -1.18. The van der Waals surface area contributed by atoms with Crippen molar-refractivity contribution < 1.29 is 19.4 Å². The number of aromatic carboxylic acids is 1. The van der Waals surface area contributed by atoms with Crippen molar-refractivity contribution in [3.8, 4) is 5.69 Å². The first-order valence-corrected chi connectivity index (χ1v) is 6.20. The largest absolute Gasteiger partial charge is 0.476 e. The smallest absolute Gasteiger partial charge is 0.356 e. The summed E-state index contributed by atoms with van der Waals surface area (Å²) in [5.74, 6) is -1.65. The fourth-order valence-electron chi connectivity index (χ4n) is 1.65. The van der Waals surface area contributed by atoms with Crippen LogP contribution in [0.4, 0.5) is 4.39 Å². The highest BCUT2D eigenvalue weighted by Crippen LogP contribution is 2.20. The highest BCUT2D eigenvalue weighted by atomic mass is 79.9. The van der Waals surface area contributed by atoms with Crippen molar-refractivity contribution in [2.24, 2.45) is 0 Å². The molecule has 0 amide bonds. The van der Waals surface area contributed by atoms with Gasteiger partial charge in [0, 0.05) is 24.4 Å². The second-order valence-corrected chi connectivity index (χ2v) is 4.68. The van der Waals surface area contributed by atoms with Gasteiger partial charge in [0.1, 0.15) is 5.82 Å². The van der Waals surface area contributed by atoms with Crippen molar-refractivity contribution >= 4 is 21.9 Å². The van der Waals surface area contributed by atoms with E-state index in [1.54, 1.807) is 6.07 Å². The van der Waals surface area contributed by atoms with Gasteiger partial charge in [0.2, 0.25) is 0 Å². The fourth-order valence-corrected chi connectivity index (χ4v) is 1.90. The number of benzene rings is 1. The van der Waals surface area contributed by atoms with Crippen LogP contribution >= 0.6 is 15.9 Å². The Morgan fingerprint density at radius 3 is 2.79 bits per heavy atom. The van der Waals surface area contributed by atoms with Gasteiger partial charge in [-0.05, 0) is 34.5 Å². The van der Waals surface area contributed by atoms with E-state index in [1.807, 2.05) is 0 Å². The normalized spacial score (nSPS) is 10.7. The van der Waals surface area contributed by atoms with Crippen molar-refractivity contribution in [1.29, 1.82) is 0 Å². The second kappa shape index (κ2) is 5.50. The number of rotatable bonds is 4. The lowest BCUT2D eigenvalue weighted by molar-refractivity contribution is 0.0688. The predicted molar refractivity (Wildman–Crippen MR) is 69.0 cm³/mol. The lowest BCUT2D eigenvalue weighted by atomic mass is 10.2. The van der Waals surface area contributed by atoms with Gasteiger partial charge in [0.05, 0.1) is 10.2 Å². The molecule has 0 bridgehead atoms. The molecule has 0 aliphatic carbocycles. The number of hydrogen-bond donors (Lipinski definition) is 2. The molecule has 7 heteroatoms. The summed E-state index contributed by atoms with van der Waals surface area (Å²) in [6, 6.07) is 4.36. The number of nitrogens with zero attached hydrogens (tertiary/aromatic N) is 2. The summed E-state index contributed by atoms with van der Waals surface area (Å²) in [6.07, 6.45) is 1.66. The molecule has 2 N–H and O–H groups in total. The van der Waals surface area contributed by atoms with Crippen LogP contribution in [0.3, 0.4) is 0 Å². The minimum Gasteiger partial charge on any atom is -0.476 e. The molecule has 1 aromatic carbocycles. The van der Waals surface area contributed by atoms with Crippen LogP contribution in [0, 0.1) is 5.82 Å². The Bertz CT molecular complexity index is 627. The van der Waals surface area contributed by atoms with Gasteiger partial charge in [0.15, 0.2) is 5.69 Å². The minimum absolute atomic E-state index is 0.141. The highest BCUT2D eigenvalue weighted by Gasteiger charge is 2.16. The second-order valence-electron chi connectivity index (χ2n) is 3.82. The lowest BCUT2D eigenvalue weighted by Crippen LogP contribution is -2.04. The molecule has 0 radical (unpaired) electrons. The van der Waals surface area contributed by atoms with Gasteiger partial charge >= 0.3 is 5.97 Å². The summed E-state index contributed by atoms with van der Waals surface area (Å²) in [4.78, 5) is 11.0. The average molecular weight is 329 g/mol. The zero-order valence-corrected chi connectivity index (χ0v) is 11.3. The van der Waals surface area contributed by atoms with E-state index in [2.05, 4.69) is 21.0 Å². The molecule has 0 aliphatic heterocycles. The standard InChI is InChI=1S/C12H10BrFN2O3/c13-9-2-1-8(5-10(9)14)16-6-7(3-4-17)11(15-16)12(18)19/h1-2,5-6,17H,3-4H2,(H,18,19). The van der Waals surface area contributed by atoms with Crippen LogP contribution in [-0.4, -0.2) is 32.6 Å². The zero-order valence-electron chi connectivity index (χ0n) is 9.68. The molecule has 2 aromatic rings. The Morgan fingerprint density at radius 2 is 2.21 bits per heavy atom. The number of aliphatic hydroxyl groups excluding tert-OH is 1. The van der Waals surface area contributed by atoms with Crippen molar-refractivity contribution in [1.82, 2.24) is 9.78 Å². The number of halogens is 2.